The van der Waals surface area contributed by atoms with Gasteiger partial charge in [-0.1, -0.05) is 0 Å². The Labute approximate surface area is 128 Å². The van der Waals surface area contributed by atoms with Crippen molar-refractivity contribution in [3.63, 3.8) is 0 Å². The Bertz CT molecular complexity index is 777. The third-order valence-corrected chi connectivity index (χ3v) is 6.67. The van der Waals surface area contributed by atoms with Crippen LogP contribution in [0.5, 0.6) is 0 Å². The van der Waals surface area contributed by atoms with Crippen LogP contribution in [0.25, 0.3) is 10.2 Å². The van der Waals surface area contributed by atoms with E-state index in [0.29, 0.717) is 25.9 Å². The highest BCUT2D eigenvalue weighted by atomic mass is 32.2. The van der Waals surface area contributed by atoms with Crippen molar-refractivity contribution in [2.45, 2.75) is 31.9 Å². The molecule has 0 spiro atoms. The van der Waals surface area contributed by atoms with Gasteiger partial charge in [0.2, 0.25) is 10.0 Å². The van der Waals surface area contributed by atoms with Gasteiger partial charge in [0.05, 0.1) is 10.6 Å². The Kier molecular flexibility index (Phi) is 3.62. The highest BCUT2D eigenvalue weighted by Crippen LogP contribution is 2.35. The normalized spacial score (nSPS) is 17.6. The first-order valence-corrected chi connectivity index (χ1v) is 9.28. The molecule has 1 saturated heterocycles. The summed E-state index contributed by atoms with van der Waals surface area (Å²) in [5.74, 6) is 0.912. The summed E-state index contributed by atoms with van der Waals surface area (Å²) in [6.07, 6.45) is 2.68. The molecule has 0 bridgehead atoms. The van der Waals surface area contributed by atoms with Gasteiger partial charge in [-0.05, 0) is 32.3 Å². The van der Waals surface area contributed by atoms with Crippen LogP contribution in [-0.4, -0.2) is 36.7 Å². The second kappa shape index (κ2) is 5.19. The number of aryl methyl sites for hydroxylation is 2. The summed E-state index contributed by atoms with van der Waals surface area (Å²) >= 11 is 1.67. The summed E-state index contributed by atoms with van der Waals surface area (Å²) in [4.78, 5) is 13.1. The van der Waals surface area contributed by atoms with Gasteiger partial charge < -0.3 is 4.90 Å². The molecule has 0 aromatic carbocycles. The van der Waals surface area contributed by atoms with Gasteiger partial charge in [-0.15, -0.1) is 11.3 Å². The zero-order valence-corrected chi connectivity index (χ0v) is 13.7. The molecule has 1 aliphatic rings. The van der Waals surface area contributed by atoms with Gasteiger partial charge in [0.15, 0.2) is 0 Å². The van der Waals surface area contributed by atoms with E-state index in [1.165, 1.54) is 10.4 Å². The number of anilines is 1. The summed E-state index contributed by atoms with van der Waals surface area (Å²) in [6, 6.07) is 0. The summed E-state index contributed by atoms with van der Waals surface area (Å²) in [7, 11) is -3.44. The number of primary sulfonamides is 1. The molecule has 0 saturated carbocycles. The Morgan fingerprint density at radius 2 is 1.95 bits per heavy atom. The number of aromatic nitrogens is 2. The number of fused-ring (bicyclic) bond motifs is 1. The first-order valence-electron chi connectivity index (χ1n) is 6.85. The zero-order valence-electron chi connectivity index (χ0n) is 12.0. The quantitative estimate of drug-likeness (QED) is 0.905. The third kappa shape index (κ3) is 2.63. The van der Waals surface area contributed by atoms with Crippen LogP contribution in [0, 0.1) is 13.8 Å². The average Bonchev–Trinajstić information content (AvgIpc) is 2.73. The molecule has 8 heteroatoms. The lowest BCUT2D eigenvalue weighted by Crippen LogP contribution is -2.42. The molecule has 2 aromatic rings. The molecule has 2 N–H and O–H groups in total. The van der Waals surface area contributed by atoms with Crippen molar-refractivity contribution in [3.8, 4) is 0 Å². The van der Waals surface area contributed by atoms with Crippen molar-refractivity contribution in [1.82, 2.24) is 9.97 Å². The van der Waals surface area contributed by atoms with Crippen LogP contribution in [0.1, 0.15) is 23.3 Å². The molecular formula is C13H18N4O2S2. The summed E-state index contributed by atoms with van der Waals surface area (Å²) in [6.45, 7) is 5.47. The highest BCUT2D eigenvalue weighted by molar-refractivity contribution is 7.89. The van der Waals surface area contributed by atoms with Crippen LogP contribution in [0.15, 0.2) is 6.33 Å². The van der Waals surface area contributed by atoms with Crippen LogP contribution < -0.4 is 10.0 Å². The molecule has 3 heterocycles. The number of nitrogens with two attached hydrogens (primary N) is 1. The van der Waals surface area contributed by atoms with E-state index in [4.69, 9.17) is 5.14 Å². The van der Waals surface area contributed by atoms with Gasteiger partial charge in [0.1, 0.15) is 17.0 Å². The smallest absolute Gasteiger partial charge is 0.212 e. The molecule has 6 nitrogen and oxygen atoms in total. The van der Waals surface area contributed by atoms with Gasteiger partial charge >= 0.3 is 0 Å². The van der Waals surface area contributed by atoms with Gasteiger partial charge in [0, 0.05) is 18.0 Å². The van der Waals surface area contributed by atoms with Crippen molar-refractivity contribution >= 4 is 37.4 Å². The lowest BCUT2D eigenvalue weighted by molar-refractivity contribution is 0.529. The number of hydrogen-bond donors (Lipinski definition) is 1. The van der Waals surface area contributed by atoms with E-state index in [9.17, 15) is 8.42 Å². The number of thiophene rings is 1. The van der Waals surface area contributed by atoms with Crippen molar-refractivity contribution < 1.29 is 8.42 Å². The van der Waals surface area contributed by atoms with E-state index in [2.05, 4.69) is 28.7 Å². The maximum Gasteiger partial charge on any atom is 0.212 e. The third-order valence-electron chi connectivity index (χ3n) is 4.15. The lowest BCUT2D eigenvalue weighted by atomic mass is 10.1. The average molecular weight is 326 g/mol. The molecule has 0 radical (unpaired) electrons. The number of nitrogens with zero attached hydrogens (tertiary/aromatic N) is 3. The maximum atomic E-state index is 11.4. The van der Waals surface area contributed by atoms with Crippen molar-refractivity contribution in [3.05, 3.63) is 16.8 Å². The largest absolute Gasteiger partial charge is 0.356 e. The number of piperidine rings is 1. The Hall–Kier alpha value is -1.25. The number of hydrogen-bond acceptors (Lipinski definition) is 6. The summed E-state index contributed by atoms with van der Waals surface area (Å²) < 4.78 is 22.9. The van der Waals surface area contributed by atoms with Crippen LogP contribution in [0.2, 0.25) is 0 Å². The molecule has 3 rings (SSSR count). The predicted molar refractivity (Wildman–Crippen MR) is 85.2 cm³/mol. The van der Waals surface area contributed by atoms with Gasteiger partial charge in [0.25, 0.3) is 0 Å². The zero-order chi connectivity index (χ0) is 15.2. The second-order valence-corrected chi connectivity index (χ2v) is 8.48. The molecule has 0 amide bonds. The minimum absolute atomic E-state index is 0.434. The van der Waals surface area contributed by atoms with E-state index in [0.717, 1.165) is 16.0 Å². The van der Waals surface area contributed by atoms with Crippen LogP contribution in [0.4, 0.5) is 5.82 Å². The molecule has 0 atom stereocenters. The highest BCUT2D eigenvalue weighted by Gasteiger charge is 2.29. The minimum Gasteiger partial charge on any atom is -0.356 e. The van der Waals surface area contributed by atoms with Crippen LogP contribution >= 0.6 is 11.3 Å². The van der Waals surface area contributed by atoms with Gasteiger partial charge in [-0.2, -0.15) is 0 Å². The Morgan fingerprint density at radius 1 is 1.29 bits per heavy atom. The molecule has 2 aromatic heterocycles. The van der Waals surface area contributed by atoms with E-state index in [1.807, 2.05) is 0 Å². The lowest BCUT2D eigenvalue weighted by Gasteiger charge is -2.32. The standard InChI is InChI=1S/C13H18N4O2S2/c1-8-9(2)20-13-11(8)12(15-7-16-13)17-5-3-10(4-6-17)21(14,18)19/h7,10H,3-6H2,1-2H3,(H2,14,18,19). The second-order valence-electron chi connectivity index (χ2n) is 5.44. The number of rotatable bonds is 2. The summed E-state index contributed by atoms with van der Waals surface area (Å²) in [5.41, 5.74) is 1.21. The SMILES string of the molecule is Cc1sc2ncnc(N3CCC(S(N)(=O)=O)CC3)c2c1C. The van der Waals surface area contributed by atoms with E-state index in [-0.39, 0.29) is 0 Å². The molecule has 114 valence electrons. The van der Waals surface area contributed by atoms with Crippen LogP contribution in [-0.2, 0) is 10.0 Å². The van der Waals surface area contributed by atoms with E-state index < -0.39 is 15.3 Å². The van der Waals surface area contributed by atoms with Crippen molar-refractivity contribution in [2.75, 3.05) is 18.0 Å². The van der Waals surface area contributed by atoms with Crippen molar-refractivity contribution in [2.24, 2.45) is 5.14 Å². The maximum absolute atomic E-state index is 11.4. The molecule has 21 heavy (non-hydrogen) atoms. The first-order chi connectivity index (χ1) is 9.88. The van der Waals surface area contributed by atoms with E-state index >= 15 is 0 Å². The van der Waals surface area contributed by atoms with Crippen LogP contribution in [0.3, 0.4) is 0 Å². The fraction of sp³-hybridized carbons (Fsp3) is 0.538. The van der Waals surface area contributed by atoms with Crippen molar-refractivity contribution in [1.29, 1.82) is 0 Å². The number of sulfonamides is 1. The fourth-order valence-electron chi connectivity index (χ4n) is 2.80. The Balaban J connectivity index is 1.93. The molecule has 1 fully saturated rings. The predicted octanol–water partition coefficient (Wildman–Crippen LogP) is 1.57. The summed E-state index contributed by atoms with van der Waals surface area (Å²) in [5, 5.41) is 5.90. The molecule has 0 aliphatic carbocycles. The molecular weight excluding hydrogens is 308 g/mol. The first kappa shape index (κ1) is 14.7. The topological polar surface area (TPSA) is 89.2 Å². The molecule has 1 aliphatic heterocycles. The van der Waals surface area contributed by atoms with Gasteiger partial charge in [-0.25, -0.2) is 23.5 Å². The Morgan fingerprint density at radius 3 is 2.57 bits per heavy atom. The fourth-order valence-corrected chi connectivity index (χ4v) is 4.66. The monoisotopic (exact) mass is 326 g/mol. The minimum atomic E-state index is -3.44. The van der Waals surface area contributed by atoms with Gasteiger partial charge in [-0.3, -0.25) is 0 Å². The molecule has 0 unspecified atom stereocenters. The van der Waals surface area contributed by atoms with E-state index in [1.54, 1.807) is 17.7 Å².